The average Bonchev–Trinajstić information content (AvgIpc) is 2.94. The van der Waals surface area contributed by atoms with Crippen molar-refractivity contribution in [1.29, 1.82) is 0 Å². The molecule has 2 aromatic rings. The first kappa shape index (κ1) is 15.4. The number of nitrogens with zero attached hydrogens (tertiary/aromatic N) is 3. The van der Waals surface area contributed by atoms with E-state index in [1.54, 1.807) is 18.2 Å². The van der Waals surface area contributed by atoms with Crippen LogP contribution < -0.4 is 10.3 Å². The van der Waals surface area contributed by atoms with Gasteiger partial charge in [0.25, 0.3) is 15.8 Å². The van der Waals surface area contributed by atoms with Gasteiger partial charge < -0.3 is 4.42 Å². The fourth-order valence-electron chi connectivity index (χ4n) is 1.57. The zero-order valence-electron chi connectivity index (χ0n) is 11.7. The standard InChI is InChI=1S/C12H16N4O4S/c1-15(2)21(18,19)13-7-8-16-12(17)6-5-10(14-16)11-4-3-9-20-11/h3-6,9,13H,7-8H2,1-2H3. The predicted molar refractivity (Wildman–Crippen MR) is 76.8 cm³/mol. The van der Waals surface area contributed by atoms with Gasteiger partial charge >= 0.3 is 0 Å². The van der Waals surface area contributed by atoms with Crippen LogP contribution in [0.25, 0.3) is 11.5 Å². The number of furan rings is 1. The maximum Gasteiger partial charge on any atom is 0.278 e. The topological polar surface area (TPSA) is 97.4 Å². The summed E-state index contributed by atoms with van der Waals surface area (Å²) in [6.45, 7) is 0.190. The SMILES string of the molecule is CN(C)S(=O)(=O)NCCn1nc(-c2ccco2)ccc1=O. The van der Waals surface area contributed by atoms with Crippen LogP contribution in [0.5, 0.6) is 0 Å². The van der Waals surface area contributed by atoms with E-state index in [1.165, 1.54) is 31.1 Å². The van der Waals surface area contributed by atoms with Gasteiger partial charge in [-0.05, 0) is 18.2 Å². The summed E-state index contributed by atoms with van der Waals surface area (Å²) in [6.07, 6.45) is 1.51. The third-order valence-corrected chi connectivity index (χ3v) is 4.26. The number of rotatable bonds is 6. The van der Waals surface area contributed by atoms with Gasteiger partial charge in [0.1, 0.15) is 5.69 Å². The molecule has 1 N–H and O–H groups in total. The Morgan fingerprint density at radius 1 is 1.33 bits per heavy atom. The van der Waals surface area contributed by atoms with E-state index in [-0.39, 0.29) is 18.6 Å². The fourth-order valence-corrected chi connectivity index (χ4v) is 2.18. The maximum absolute atomic E-state index is 11.7. The molecule has 0 atom stereocenters. The monoisotopic (exact) mass is 312 g/mol. The van der Waals surface area contributed by atoms with Crippen LogP contribution in [0.4, 0.5) is 0 Å². The highest BCUT2D eigenvalue weighted by atomic mass is 32.2. The molecule has 0 aliphatic heterocycles. The minimum Gasteiger partial charge on any atom is -0.463 e. The van der Waals surface area contributed by atoms with E-state index in [9.17, 15) is 13.2 Å². The summed E-state index contributed by atoms with van der Waals surface area (Å²) in [6, 6.07) is 6.37. The number of hydrogen-bond acceptors (Lipinski definition) is 5. The van der Waals surface area contributed by atoms with Crippen molar-refractivity contribution in [3.8, 4) is 11.5 Å². The summed E-state index contributed by atoms with van der Waals surface area (Å²) in [4.78, 5) is 11.7. The summed E-state index contributed by atoms with van der Waals surface area (Å²) >= 11 is 0. The van der Waals surface area contributed by atoms with Gasteiger partial charge in [0.05, 0.1) is 12.8 Å². The molecule has 2 heterocycles. The Hall–Kier alpha value is -1.97. The number of hydrogen-bond donors (Lipinski definition) is 1. The fraction of sp³-hybridized carbons (Fsp3) is 0.333. The Bertz CT molecular complexity index is 750. The smallest absolute Gasteiger partial charge is 0.278 e. The highest BCUT2D eigenvalue weighted by Gasteiger charge is 2.12. The van der Waals surface area contributed by atoms with Gasteiger partial charge in [-0.15, -0.1) is 0 Å². The van der Waals surface area contributed by atoms with Gasteiger partial charge in [0, 0.05) is 26.7 Å². The molecule has 0 aliphatic carbocycles. The van der Waals surface area contributed by atoms with Crippen LogP contribution in [-0.2, 0) is 16.8 Å². The van der Waals surface area contributed by atoms with E-state index < -0.39 is 10.2 Å². The molecule has 114 valence electrons. The number of nitrogens with one attached hydrogen (secondary N) is 1. The Morgan fingerprint density at radius 3 is 2.71 bits per heavy atom. The van der Waals surface area contributed by atoms with Crippen molar-refractivity contribution in [2.24, 2.45) is 0 Å². The molecule has 0 saturated heterocycles. The maximum atomic E-state index is 11.7. The predicted octanol–water partition coefficient (Wildman–Crippen LogP) is -0.101. The Morgan fingerprint density at radius 2 is 2.10 bits per heavy atom. The minimum atomic E-state index is -3.51. The lowest BCUT2D eigenvalue weighted by molar-refractivity contribution is 0.493. The quantitative estimate of drug-likeness (QED) is 0.803. The third kappa shape index (κ3) is 3.78. The molecule has 2 rings (SSSR count). The zero-order valence-corrected chi connectivity index (χ0v) is 12.5. The van der Waals surface area contributed by atoms with Crippen LogP contribution in [0.2, 0.25) is 0 Å². The van der Waals surface area contributed by atoms with E-state index in [1.807, 2.05) is 0 Å². The summed E-state index contributed by atoms with van der Waals surface area (Å²) in [5, 5.41) is 4.14. The van der Waals surface area contributed by atoms with E-state index in [0.29, 0.717) is 11.5 Å². The Labute approximate surface area is 122 Å². The van der Waals surface area contributed by atoms with Crippen LogP contribution in [0.15, 0.2) is 39.7 Å². The summed E-state index contributed by atoms with van der Waals surface area (Å²) in [5.41, 5.74) is 0.199. The second kappa shape index (κ2) is 6.20. The molecule has 0 radical (unpaired) electrons. The van der Waals surface area contributed by atoms with Crippen LogP contribution in [0.3, 0.4) is 0 Å². The normalized spacial score (nSPS) is 12.0. The van der Waals surface area contributed by atoms with Crippen LogP contribution in [0, 0.1) is 0 Å². The summed E-state index contributed by atoms with van der Waals surface area (Å²) < 4.78 is 32.9. The first-order chi connectivity index (χ1) is 9.90. The van der Waals surface area contributed by atoms with E-state index in [0.717, 1.165) is 4.31 Å². The van der Waals surface area contributed by atoms with Gasteiger partial charge in [0.15, 0.2) is 5.76 Å². The van der Waals surface area contributed by atoms with Crippen LogP contribution in [0.1, 0.15) is 0 Å². The van der Waals surface area contributed by atoms with Crippen molar-refractivity contribution >= 4 is 10.2 Å². The molecule has 0 aromatic carbocycles. The van der Waals surface area contributed by atoms with Gasteiger partial charge in [-0.1, -0.05) is 0 Å². The summed E-state index contributed by atoms with van der Waals surface area (Å²) in [7, 11) is -0.671. The van der Waals surface area contributed by atoms with Crippen LogP contribution in [-0.4, -0.2) is 43.1 Å². The number of aromatic nitrogens is 2. The minimum absolute atomic E-state index is 0.0645. The Balaban J connectivity index is 2.10. The van der Waals surface area contributed by atoms with Crippen molar-refractivity contribution in [2.45, 2.75) is 6.54 Å². The van der Waals surface area contributed by atoms with Crippen LogP contribution >= 0.6 is 0 Å². The largest absolute Gasteiger partial charge is 0.463 e. The first-order valence-corrected chi connectivity index (χ1v) is 7.63. The van der Waals surface area contributed by atoms with Gasteiger partial charge in [-0.2, -0.15) is 17.8 Å². The highest BCUT2D eigenvalue weighted by molar-refractivity contribution is 7.87. The molecular formula is C12H16N4O4S. The van der Waals surface area contributed by atoms with Gasteiger partial charge in [-0.3, -0.25) is 4.79 Å². The molecule has 0 spiro atoms. The van der Waals surface area contributed by atoms with E-state index >= 15 is 0 Å². The lowest BCUT2D eigenvalue weighted by atomic mass is 10.3. The second-order valence-corrected chi connectivity index (χ2v) is 6.41. The molecular weight excluding hydrogens is 296 g/mol. The van der Waals surface area contributed by atoms with Crippen molar-refractivity contribution in [3.05, 3.63) is 40.9 Å². The third-order valence-electron chi connectivity index (χ3n) is 2.73. The molecule has 0 amide bonds. The lowest BCUT2D eigenvalue weighted by Crippen LogP contribution is -2.38. The zero-order chi connectivity index (χ0) is 15.5. The van der Waals surface area contributed by atoms with E-state index in [4.69, 9.17) is 4.42 Å². The molecule has 9 heteroatoms. The van der Waals surface area contributed by atoms with E-state index in [2.05, 4.69) is 9.82 Å². The molecule has 21 heavy (non-hydrogen) atoms. The van der Waals surface area contributed by atoms with Gasteiger partial charge in [-0.25, -0.2) is 9.40 Å². The molecule has 0 fully saturated rings. The van der Waals surface area contributed by atoms with Gasteiger partial charge in [0.2, 0.25) is 0 Å². The molecule has 0 unspecified atom stereocenters. The molecule has 0 saturated carbocycles. The first-order valence-electron chi connectivity index (χ1n) is 6.19. The Kier molecular flexibility index (Phi) is 4.56. The molecule has 8 nitrogen and oxygen atoms in total. The lowest BCUT2D eigenvalue weighted by Gasteiger charge is -2.12. The average molecular weight is 312 g/mol. The molecule has 0 bridgehead atoms. The molecule has 2 aromatic heterocycles. The second-order valence-electron chi connectivity index (χ2n) is 4.44. The van der Waals surface area contributed by atoms with Crippen molar-refractivity contribution < 1.29 is 12.8 Å². The molecule has 0 aliphatic rings. The van der Waals surface area contributed by atoms with Crippen molar-refractivity contribution in [1.82, 2.24) is 18.8 Å². The summed E-state index contributed by atoms with van der Waals surface area (Å²) in [5.74, 6) is 0.539. The van der Waals surface area contributed by atoms with Crippen molar-refractivity contribution in [3.63, 3.8) is 0 Å². The highest BCUT2D eigenvalue weighted by Crippen LogP contribution is 2.14. The van der Waals surface area contributed by atoms with Crippen molar-refractivity contribution in [2.75, 3.05) is 20.6 Å².